The first-order valence-corrected chi connectivity index (χ1v) is 11.0. The van der Waals surface area contributed by atoms with Gasteiger partial charge < -0.3 is 15.5 Å². The molecule has 3 amide bonds. The second-order valence-corrected chi connectivity index (χ2v) is 8.10. The molecule has 31 heavy (non-hydrogen) atoms. The molecule has 0 saturated carbocycles. The van der Waals surface area contributed by atoms with Crippen LogP contribution >= 0.6 is 0 Å². The molecule has 1 saturated heterocycles. The number of amides is 3. The van der Waals surface area contributed by atoms with E-state index in [0.29, 0.717) is 43.6 Å². The number of carbonyl (C=O) groups is 3. The highest BCUT2D eigenvalue weighted by molar-refractivity contribution is 5.97. The van der Waals surface area contributed by atoms with E-state index in [2.05, 4.69) is 10.6 Å². The number of rotatable bonds is 7. The summed E-state index contributed by atoms with van der Waals surface area (Å²) in [7, 11) is 0. The molecule has 1 heterocycles. The van der Waals surface area contributed by atoms with Crippen LogP contribution in [0.3, 0.4) is 0 Å². The van der Waals surface area contributed by atoms with Gasteiger partial charge in [0.15, 0.2) is 0 Å². The van der Waals surface area contributed by atoms with Gasteiger partial charge in [-0.15, -0.1) is 0 Å². The summed E-state index contributed by atoms with van der Waals surface area (Å²) in [4.78, 5) is 40.2. The third-order valence-electron chi connectivity index (χ3n) is 5.75. The summed E-state index contributed by atoms with van der Waals surface area (Å²) in [6.07, 6.45) is 2.16. The maximum Gasteiger partial charge on any atom is 0.253 e. The van der Waals surface area contributed by atoms with Crippen molar-refractivity contribution >= 4 is 17.7 Å². The first kappa shape index (κ1) is 22.5. The minimum Gasteiger partial charge on any atom is -0.354 e. The zero-order valence-electron chi connectivity index (χ0n) is 18.3. The van der Waals surface area contributed by atoms with Crippen LogP contribution in [0.1, 0.15) is 52.5 Å². The summed E-state index contributed by atoms with van der Waals surface area (Å²) in [6, 6.07) is 15.9. The number of hydrogen-bond acceptors (Lipinski definition) is 3. The van der Waals surface area contributed by atoms with Gasteiger partial charge in [0.25, 0.3) is 11.8 Å². The number of hydrogen-bond donors (Lipinski definition) is 2. The van der Waals surface area contributed by atoms with Gasteiger partial charge in [-0.05, 0) is 56.4 Å². The normalized spacial score (nSPS) is 15.2. The number of likely N-dealkylation sites (tertiary alicyclic amines) is 1. The summed E-state index contributed by atoms with van der Waals surface area (Å²) >= 11 is 0. The van der Waals surface area contributed by atoms with Crippen LogP contribution < -0.4 is 10.6 Å². The van der Waals surface area contributed by atoms with Crippen LogP contribution in [-0.4, -0.2) is 48.3 Å². The molecule has 3 rings (SSSR count). The van der Waals surface area contributed by atoms with Crippen molar-refractivity contribution in [1.82, 2.24) is 15.5 Å². The molecule has 1 aliphatic rings. The predicted molar refractivity (Wildman–Crippen MR) is 121 cm³/mol. The van der Waals surface area contributed by atoms with E-state index in [1.165, 1.54) is 0 Å². The minimum absolute atomic E-state index is 0.00901. The van der Waals surface area contributed by atoms with E-state index in [0.717, 1.165) is 12.0 Å². The van der Waals surface area contributed by atoms with Crippen LogP contribution in [0, 0.1) is 12.8 Å². The van der Waals surface area contributed by atoms with E-state index < -0.39 is 6.04 Å². The molecular formula is C25H31N3O3. The second kappa shape index (κ2) is 10.8. The Balaban J connectivity index is 1.67. The molecule has 1 aliphatic heterocycles. The van der Waals surface area contributed by atoms with Gasteiger partial charge in [0.05, 0.1) is 0 Å². The van der Waals surface area contributed by atoms with Gasteiger partial charge >= 0.3 is 0 Å². The third-order valence-corrected chi connectivity index (χ3v) is 5.75. The molecule has 0 radical (unpaired) electrons. The lowest BCUT2D eigenvalue weighted by Crippen LogP contribution is -2.54. The number of piperidine rings is 1. The van der Waals surface area contributed by atoms with E-state index in [1.807, 2.05) is 61.2 Å². The first-order chi connectivity index (χ1) is 15.0. The topological polar surface area (TPSA) is 78.5 Å². The lowest BCUT2D eigenvalue weighted by Gasteiger charge is -2.36. The van der Waals surface area contributed by atoms with Crippen molar-refractivity contribution in [3.8, 4) is 0 Å². The molecule has 2 aromatic rings. The average molecular weight is 422 g/mol. The lowest BCUT2D eigenvalue weighted by atomic mass is 9.88. The van der Waals surface area contributed by atoms with Crippen LogP contribution in [0.25, 0.3) is 0 Å². The van der Waals surface area contributed by atoms with Gasteiger partial charge in [-0.1, -0.05) is 42.8 Å². The number of benzene rings is 2. The molecule has 0 unspecified atom stereocenters. The fourth-order valence-corrected chi connectivity index (χ4v) is 3.88. The van der Waals surface area contributed by atoms with Crippen molar-refractivity contribution in [1.29, 1.82) is 0 Å². The first-order valence-electron chi connectivity index (χ1n) is 11.0. The van der Waals surface area contributed by atoms with Gasteiger partial charge in [0.1, 0.15) is 6.04 Å². The molecule has 164 valence electrons. The standard InChI is InChI=1S/C25H31N3O3/c1-3-15-26-24(30)22(27-23(29)20-11-9-18(2)10-12-20)19-13-16-28(17-14-19)25(31)21-7-5-4-6-8-21/h4-12,19,22H,3,13-17H2,1-2H3,(H,26,30)(H,27,29)/t22-/m1/s1. The Bertz CT molecular complexity index is 888. The fraction of sp³-hybridized carbons (Fsp3) is 0.400. The van der Waals surface area contributed by atoms with E-state index in [4.69, 9.17) is 0 Å². The smallest absolute Gasteiger partial charge is 0.253 e. The Morgan fingerprint density at radius 1 is 0.968 bits per heavy atom. The van der Waals surface area contributed by atoms with Crippen LogP contribution in [0.4, 0.5) is 0 Å². The number of nitrogens with one attached hydrogen (secondary N) is 2. The van der Waals surface area contributed by atoms with Gasteiger partial charge in [-0.25, -0.2) is 0 Å². The van der Waals surface area contributed by atoms with Crippen molar-refractivity contribution in [2.45, 2.75) is 39.2 Å². The molecule has 2 aromatic carbocycles. The summed E-state index contributed by atoms with van der Waals surface area (Å²) < 4.78 is 0. The van der Waals surface area contributed by atoms with E-state index in [-0.39, 0.29) is 23.6 Å². The van der Waals surface area contributed by atoms with Crippen LogP contribution in [-0.2, 0) is 4.79 Å². The zero-order valence-corrected chi connectivity index (χ0v) is 18.3. The van der Waals surface area contributed by atoms with Crippen molar-refractivity contribution in [2.75, 3.05) is 19.6 Å². The van der Waals surface area contributed by atoms with Crippen molar-refractivity contribution < 1.29 is 14.4 Å². The number of aryl methyl sites for hydroxylation is 1. The van der Waals surface area contributed by atoms with Crippen LogP contribution in [0.15, 0.2) is 54.6 Å². The molecular weight excluding hydrogens is 390 g/mol. The molecule has 0 aliphatic carbocycles. The average Bonchev–Trinajstić information content (AvgIpc) is 2.81. The fourth-order valence-electron chi connectivity index (χ4n) is 3.88. The molecule has 2 N–H and O–H groups in total. The van der Waals surface area contributed by atoms with Gasteiger partial charge in [-0.2, -0.15) is 0 Å². The van der Waals surface area contributed by atoms with Crippen molar-refractivity contribution in [2.24, 2.45) is 5.92 Å². The Kier molecular flexibility index (Phi) is 7.82. The maximum absolute atomic E-state index is 12.9. The molecule has 0 spiro atoms. The minimum atomic E-state index is -0.616. The van der Waals surface area contributed by atoms with E-state index in [9.17, 15) is 14.4 Å². The highest BCUT2D eigenvalue weighted by Crippen LogP contribution is 2.23. The van der Waals surface area contributed by atoms with Crippen molar-refractivity contribution in [3.63, 3.8) is 0 Å². The predicted octanol–water partition coefficient (Wildman–Crippen LogP) is 3.17. The van der Waals surface area contributed by atoms with Gasteiger partial charge in [-0.3, -0.25) is 14.4 Å². The molecule has 6 heteroatoms. The van der Waals surface area contributed by atoms with Crippen molar-refractivity contribution in [3.05, 3.63) is 71.3 Å². The molecule has 0 aromatic heterocycles. The Hall–Kier alpha value is -3.15. The summed E-state index contributed by atoms with van der Waals surface area (Å²) in [6.45, 7) is 5.66. The third kappa shape index (κ3) is 5.94. The number of carbonyl (C=O) groups excluding carboxylic acids is 3. The largest absolute Gasteiger partial charge is 0.354 e. The van der Waals surface area contributed by atoms with E-state index in [1.54, 1.807) is 12.1 Å². The van der Waals surface area contributed by atoms with Gasteiger partial charge in [0, 0.05) is 30.8 Å². The van der Waals surface area contributed by atoms with Gasteiger partial charge in [0.2, 0.25) is 5.91 Å². The lowest BCUT2D eigenvalue weighted by molar-refractivity contribution is -0.124. The monoisotopic (exact) mass is 421 g/mol. The van der Waals surface area contributed by atoms with Crippen LogP contribution in [0.2, 0.25) is 0 Å². The number of nitrogens with zero attached hydrogens (tertiary/aromatic N) is 1. The molecule has 6 nitrogen and oxygen atoms in total. The highest BCUT2D eigenvalue weighted by Gasteiger charge is 2.34. The zero-order chi connectivity index (χ0) is 22.2. The summed E-state index contributed by atoms with van der Waals surface area (Å²) in [5.74, 6) is -0.421. The summed E-state index contributed by atoms with van der Waals surface area (Å²) in [5, 5.41) is 5.87. The summed E-state index contributed by atoms with van der Waals surface area (Å²) in [5.41, 5.74) is 2.28. The maximum atomic E-state index is 12.9. The Morgan fingerprint density at radius 3 is 2.23 bits per heavy atom. The SMILES string of the molecule is CCCNC(=O)[C@H](NC(=O)c1ccc(C)cc1)C1CCN(C(=O)c2ccccc2)CC1. The molecule has 1 atom stereocenters. The van der Waals surface area contributed by atoms with E-state index >= 15 is 0 Å². The highest BCUT2D eigenvalue weighted by atomic mass is 16.2. The Labute approximate surface area is 184 Å². The van der Waals surface area contributed by atoms with Crippen LogP contribution in [0.5, 0.6) is 0 Å². The Morgan fingerprint density at radius 2 is 1.61 bits per heavy atom. The second-order valence-electron chi connectivity index (χ2n) is 8.10. The molecule has 0 bridgehead atoms. The molecule has 1 fully saturated rings. The quantitative estimate of drug-likeness (QED) is 0.721.